The molecular formula is C23H22Cl3NO3. The standard InChI is InChI=1S/C23H22Cl3NO3/c1-28-19-7-3-15(4-8-19)12-27-13-16-9-21(26)23(22(10-16)29-2)30-14-17-5-6-18(24)11-20(17)25/h3-11,27H,12-14H2,1-2H3. The number of hydrogen-bond donors (Lipinski definition) is 1. The Hall–Kier alpha value is -2.11. The third kappa shape index (κ3) is 5.96. The average Bonchev–Trinajstić information content (AvgIpc) is 2.74. The summed E-state index contributed by atoms with van der Waals surface area (Å²) in [5, 5.41) is 4.98. The van der Waals surface area contributed by atoms with E-state index in [-0.39, 0.29) is 6.61 Å². The maximum Gasteiger partial charge on any atom is 0.180 e. The molecule has 0 aliphatic rings. The van der Waals surface area contributed by atoms with E-state index in [0.29, 0.717) is 33.1 Å². The van der Waals surface area contributed by atoms with Gasteiger partial charge in [-0.15, -0.1) is 0 Å². The minimum atomic E-state index is 0.251. The van der Waals surface area contributed by atoms with Gasteiger partial charge in [0.25, 0.3) is 0 Å². The van der Waals surface area contributed by atoms with Gasteiger partial charge in [0.1, 0.15) is 12.4 Å². The van der Waals surface area contributed by atoms with Crippen LogP contribution in [0.2, 0.25) is 15.1 Å². The van der Waals surface area contributed by atoms with Crippen molar-refractivity contribution in [1.82, 2.24) is 5.32 Å². The fourth-order valence-electron chi connectivity index (χ4n) is 2.90. The summed E-state index contributed by atoms with van der Waals surface area (Å²) in [6, 6.07) is 17.0. The van der Waals surface area contributed by atoms with Crippen LogP contribution in [0.5, 0.6) is 17.2 Å². The van der Waals surface area contributed by atoms with Gasteiger partial charge in [0, 0.05) is 28.7 Å². The van der Waals surface area contributed by atoms with Crippen LogP contribution in [0.3, 0.4) is 0 Å². The Morgan fingerprint density at radius 1 is 0.767 bits per heavy atom. The lowest BCUT2D eigenvalue weighted by atomic mass is 10.1. The summed E-state index contributed by atoms with van der Waals surface area (Å²) in [5.74, 6) is 1.88. The quantitative estimate of drug-likeness (QED) is 0.389. The molecule has 3 aromatic rings. The molecule has 0 saturated heterocycles. The largest absolute Gasteiger partial charge is 0.497 e. The smallest absolute Gasteiger partial charge is 0.180 e. The summed E-state index contributed by atoms with van der Waals surface area (Å²) in [4.78, 5) is 0. The summed E-state index contributed by atoms with van der Waals surface area (Å²) >= 11 is 18.6. The molecule has 7 heteroatoms. The molecule has 158 valence electrons. The second-order valence-corrected chi connectivity index (χ2v) is 7.84. The van der Waals surface area contributed by atoms with E-state index < -0.39 is 0 Å². The zero-order valence-electron chi connectivity index (χ0n) is 16.7. The molecule has 3 rings (SSSR count). The molecule has 0 unspecified atom stereocenters. The predicted molar refractivity (Wildman–Crippen MR) is 122 cm³/mol. The average molecular weight is 467 g/mol. The van der Waals surface area contributed by atoms with Crippen molar-refractivity contribution >= 4 is 34.8 Å². The number of hydrogen-bond acceptors (Lipinski definition) is 4. The molecular weight excluding hydrogens is 445 g/mol. The zero-order chi connectivity index (χ0) is 21.5. The van der Waals surface area contributed by atoms with Crippen LogP contribution in [-0.2, 0) is 19.7 Å². The van der Waals surface area contributed by atoms with E-state index in [0.717, 1.165) is 29.0 Å². The lowest BCUT2D eigenvalue weighted by Gasteiger charge is -2.15. The highest BCUT2D eigenvalue weighted by Gasteiger charge is 2.13. The first-order valence-corrected chi connectivity index (χ1v) is 10.4. The van der Waals surface area contributed by atoms with Crippen LogP contribution in [0.1, 0.15) is 16.7 Å². The van der Waals surface area contributed by atoms with Crippen molar-refractivity contribution in [2.75, 3.05) is 14.2 Å². The topological polar surface area (TPSA) is 39.7 Å². The molecule has 3 aromatic carbocycles. The number of ether oxygens (including phenoxy) is 3. The Balaban J connectivity index is 1.64. The Morgan fingerprint density at radius 2 is 1.50 bits per heavy atom. The lowest BCUT2D eigenvalue weighted by molar-refractivity contribution is 0.284. The van der Waals surface area contributed by atoms with Gasteiger partial charge in [0.15, 0.2) is 11.5 Å². The highest BCUT2D eigenvalue weighted by atomic mass is 35.5. The van der Waals surface area contributed by atoms with Gasteiger partial charge in [-0.05, 0) is 47.5 Å². The van der Waals surface area contributed by atoms with E-state index in [1.165, 1.54) is 0 Å². The summed E-state index contributed by atoms with van der Waals surface area (Å²) in [5.41, 5.74) is 2.96. The van der Waals surface area contributed by atoms with Crippen molar-refractivity contribution in [3.05, 3.63) is 86.4 Å². The highest BCUT2D eigenvalue weighted by molar-refractivity contribution is 6.35. The molecule has 0 amide bonds. The number of rotatable bonds is 9. The molecule has 30 heavy (non-hydrogen) atoms. The molecule has 1 N–H and O–H groups in total. The van der Waals surface area contributed by atoms with Crippen LogP contribution >= 0.6 is 34.8 Å². The van der Waals surface area contributed by atoms with Crippen molar-refractivity contribution in [1.29, 1.82) is 0 Å². The lowest BCUT2D eigenvalue weighted by Crippen LogP contribution is -2.13. The number of nitrogens with one attached hydrogen (secondary N) is 1. The molecule has 0 atom stereocenters. The molecule has 0 heterocycles. The van der Waals surface area contributed by atoms with Crippen molar-refractivity contribution < 1.29 is 14.2 Å². The van der Waals surface area contributed by atoms with Gasteiger partial charge in [-0.2, -0.15) is 0 Å². The Labute approximate surface area is 191 Å². The van der Waals surface area contributed by atoms with Gasteiger partial charge >= 0.3 is 0 Å². The fraction of sp³-hybridized carbons (Fsp3) is 0.217. The molecule has 0 bridgehead atoms. The molecule has 0 fully saturated rings. The van der Waals surface area contributed by atoms with E-state index in [1.807, 2.05) is 42.5 Å². The van der Waals surface area contributed by atoms with Crippen LogP contribution in [-0.4, -0.2) is 14.2 Å². The van der Waals surface area contributed by atoms with Gasteiger partial charge in [-0.1, -0.05) is 53.0 Å². The van der Waals surface area contributed by atoms with E-state index in [4.69, 9.17) is 49.0 Å². The van der Waals surface area contributed by atoms with E-state index in [1.54, 1.807) is 26.4 Å². The van der Waals surface area contributed by atoms with Crippen LogP contribution in [0, 0.1) is 0 Å². The maximum absolute atomic E-state index is 6.47. The van der Waals surface area contributed by atoms with Gasteiger partial charge in [0.2, 0.25) is 0 Å². The normalized spacial score (nSPS) is 10.7. The third-order valence-corrected chi connectivity index (χ3v) is 5.36. The van der Waals surface area contributed by atoms with Crippen molar-refractivity contribution in [3.63, 3.8) is 0 Å². The summed E-state index contributed by atoms with van der Waals surface area (Å²) in [7, 11) is 3.24. The minimum Gasteiger partial charge on any atom is -0.497 e. The van der Waals surface area contributed by atoms with Crippen LogP contribution in [0.15, 0.2) is 54.6 Å². The third-order valence-electron chi connectivity index (χ3n) is 4.49. The summed E-state index contributed by atoms with van der Waals surface area (Å²) in [6.45, 7) is 1.60. The van der Waals surface area contributed by atoms with Gasteiger partial charge in [0.05, 0.1) is 19.2 Å². The first-order valence-electron chi connectivity index (χ1n) is 9.27. The van der Waals surface area contributed by atoms with E-state index in [9.17, 15) is 0 Å². The van der Waals surface area contributed by atoms with Gasteiger partial charge < -0.3 is 19.5 Å². The number of benzene rings is 3. The summed E-state index contributed by atoms with van der Waals surface area (Å²) < 4.78 is 16.6. The Bertz CT molecular complexity index is 994. The number of methoxy groups -OCH3 is 2. The predicted octanol–water partition coefficient (Wildman–Crippen LogP) is 6.53. The van der Waals surface area contributed by atoms with Crippen molar-refractivity contribution in [2.24, 2.45) is 0 Å². The van der Waals surface area contributed by atoms with Crippen LogP contribution in [0.25, 0.3) is 0 Å². The van der Waals surface area contributed by atoms with Gasteiger partial charge in [-0.3, -0.25) is 0 Å². The first-order chi connectivity index (χ1) is 14.5. The van der Waals surface area contributed by atoms with Crippen LogP contribution < -0.4 is 19.5 Å². The molecule has 0 radical (unpaired) electrons. The Kier molecular flexibility index (Phi) is 8.11. The summed E-state index contributed by atoms with van der Waals surface area (Å²) in [6.07, 6.45) is 0. The second-order valence-electron chi connectivity index (χ2n) is 6.59. The van der Waals surface area contributed by atoms with Crippen LogP contribution in [0.4, 0.5) is 0 Å². The molecule has 0 aliphatic carbocycles. The zero-order valence-corrected chi connectivity index (χ0v) is 18.9. The number of halogens is 3. The molecule has 0 aliphatic heterocycles. The first kappa shape index (κ1) is 22.6. The van der Waals surface area contributed by atoms with E-state index >= 15 is 0 Å². The molecule has 0 aromatic heterocycles. The van der Waals surface area contributed by atoms with Crippen molar-refractivity contribution in [3.8, 4) is 17.2 Å². The van der Waals surface area contributed by atoms with Crippen molar-refractivity contribution in [2.45, 2.75) is 19.7 Å². The Morgan fingerprint density at radius 3 is 2.17 bits per heavy atom. The minimum absolute atomic E-state index is 0.251. The molecule has 0 spiro atoms. The second kappa shape index (κ2) is 10.8. The van der Waals surface area contributed by atoms with E-state index in [2.05, 4.69) is 5.32 Å². The highest BCUT2D eigenvalue weighted by Crippen LogP contribution is 2.37. The monoisotopic (exact) mass is 465 g/mol. The van der Waals surface area contributed by atoms with Gasteiger partial charge in [-0.25, -0.2) is 0 Å². The SMILES string of the molecule is COc1ccc(CNCc2cc(Cl)c(OCc3ccc(Cl)cc3Cl)c(OC)c2)cc1. The maximum atomic E-state index is 6.47. The fourth-order valence-corrected chi connectivity index (χ4v) is 3.65. The molecule has 0 saturated carbocycles. The molecule has 4 nitrogen and oxygen atoms in total.